The summed E-state index contributed by atoms with van der Waals surface area (Å²) in [6, 6.07) is 6.77. The molecule has 0 aliphatic carbocycles. The number of hydrogen-bond acceptors (Lipinski definition) is 4. The lowest BCUT2D eigenvalue weighted by atomic mass is 9.99. The Balaban J connectivity index is 2.09. The number of rotatable bonds is 3. The number of ether oxygens (including phenoxy) is 1. The first-order valence-corrected chi connectivity index (χ1v) is 8.80. The van der Waals surface area contributed by atoms with Crippen LogP contribution < -0.4 is 0 Å². The number of sulfonamides is 1. The number of carbonyl (C=O) groups excluding carboxylic acids is 1. The topological polar surface area (TPSA) is 63.7 Å². The van der Waals surface area contributed by atoms with E-state index in [0.717, 1.165) is 3.57 Å². The number of carbonyl (C=O) groups is 1. The van der Waals surface area contributed by atoms with Crippen LogP contribution in [0.1, 0.15) is 12.8 Å². The average Bonchev–Trinajstić information content (AvgIpc) is 2.47. The van der Waals surface area contributed by atoms with Gasteiger partial charge in [0.1, 0.15) is 0 Å². The van der Waals surface area contributed by atoms with E-state index >= 15 is 0 Å². The highest BCUT2D eigenvalue weighted by molar-refractivity contribution is 14.1. The van der Waals surface area contributed by atoms with Crippen LogP contribution in [0.25, 0.3) is 0 Å². The van der Waals surface area contributed by atoms with Gasteiger partial charge in [-0.1, -0.05) is 0 Å². The van der Waals surface area contributed by atoms with Gasteiger partial charge in [0.15, 0.2) is 0 Å². The zero-order valence-electron chi connectivity index (χ0n) is 11.1. The van der Waals surface area contributed by atoms with Crippen LogP contribution in [-0.2, 0) is 19.6 Å². The molecule has 0 amide bonds. The maximum atomic E-state index is 12.5. The highest BCUT2D eigenvalue weighted by Crippen LogP contribution is 2.24. The lowest BCUT2D eigenvalue weighted by Gasteiger charge is -2.29. The van der Waals surface area contributed by atoms with Crippen molar-refractivity contribution in [1.29, 1.82) is 0 Å². The minimum absolute atomic E-state index is 0.192. The molecule has 0 N–H and O–H groups in total. The zero-order valence-corrected chi connectivity index (χ0v) is 14.1. The second kappa shape index (κ2) is 6.40. The summed E-state index contributed by atoms with van der Waals surface area (Å²) in [5, 5.41) is 0. The van der Waals surface area contributed by atoms with E-state index in [4.69, 9.17) is 4.74 Å². The Hall–Kier alpha value is -0.670. The van der Waals surface area contributed by atoms with E-state index in [1.54, 1.807) is 24.3 Å². The van der Waals surface area contributed by atoms with Crippen LogP contribution in [0.4, 0.5) is 0 Å². The fourth-order valence-corrected chi connectivity index (χ4v) is 4.08. The Morgan fingerprint density at radius 1 is 1.25 bits per heavy atom. The van der Waals surface area contributed by atoms with E-state index in [2.05, 4.69) is 22.6 Å². The van der Waals surface area contributed by atoms with E-state index in [9.17, 15) is 13.2 Å². The standard InChI is InChI=1S/C13H16INO4S/c1-19-13(16)10-6-8-15(9-7-10)20(17,18)12-4-2-11(14)3-5-12/h2-5,10H,6-9H2,1H3. The van der Waals surface area contributed by atoms with Gasteiger partial charge in [0, 0.05) is 16.7 Å². The van der Waals surface area contributed by atoms with Gasteiger partial charge < -0.3 is 4.74 Å². The smallest absolute Gasteiger partial charge is 0.308 e. The van der Waals surface area contributed by atoms with Crippen molar-refractivity contribution in [1.82, 2.24) is 4.31 Å². The van der Waals surface area contributed by atoms with Crippen molar-refractivity contribution in [3.63, 3.8) is 0 Å². The molecule has 5 nitrogen and oxygen atoms in total. The van der Waals surface area contributed by atoms with Gasteiger partial charge in [0.05, 0.1) is 17.9 Å². The molecule has 1 saturated heterocycles. The van der Waals surface area contributed by atoms with Crippen molar-refractivity contribution in [2.24, 2.45) is 5.92 Å². The molecule has 0 unspecified atom stereocenters. The van der Waals surface area contributed by atoms with Crippen LogP contribution in [0.3, 0.4) is 0 Å². The molecule has 1 aromatic rings. The van der Waals surface area contributed by atoms with E-state index in [-0.39, 0.29) is 11.9 Å². The van der Waals surface area contributed by atoms with E-state index in [1.165, 1.54) is 11.4 Å². The highest BCUT2D eigenvalue weighted by atomic mass is 127. The van der Waals surface area contributed by atoms with Gasteiger partial charge in [-0.25, -0.2) is 8.42 Å². The summed E-state index contributed by atoms with van der Waals surface area (Å²) in [5.74, 6) is -0.445. The third kappa shape index (κ3) is 3.32. The molecule has 1 heterocycles. The van der Waals surface area contributed by atoms with Crippen LogP contribution in [0.5, 0.6) is 0 Å². The molecule has 20 heavy (non-hydrogen) atoms. The van der Waals surface area contributed by atoms with Crippen LogP contribution in [0.2, 0.25) is 0 Å². The van der Waals surface area contributed by atoms with Crippen LogP contribution in [0, 0.1) is 9.49 Å². The van der Waals surface area contributed by atoms with E-state index in [1.807, 2.05) is 0 Å². The van der Waals surface area contributed by atoms with Gasteiger partial charge in [0.2, 0.25) is 10.0 Å². The molecule has 1 aliphatic heterocycles. The van der Waals surface area contributed by atoms with Crippen molar-refractivity contribution >= 4 is 38.6 Å². The number of piperidine rings is 1. The van der Waals surface area contributed by atoms with Crippen LogP contribution in [0.15, 0.2) is 29.2 Å². The van der Waals surface area contributed by atoms with Gasteiger partial charge in [-0.3, -0.25) is 4.79 Å². The van der Waals surface area contributed by atoms with Crippen molar-refractivity contribution < 1.29 is 17.9 Å². The maximum Gasteiger partial charge on any atom is 0.308 e. The summed E-state index contributed by atoms with van der Waals surface area (Å²) < 4.78 is 32.0. The SMILES string of the molecule is COC(=O)C1CCN(S(=O)(=O)c2ccc(I)cc2)CC1. The Bertz CT molecular complexity index is 577. The van der Waals surface area contributed by atoms with Crippen molar-refractivity contribution in [2.75, 3.05) is 20.2 Å². The summed E-state index contributed by atoms with van der Waals surface area (Å²) in [6.45, 7) is 0.710. The molecule has 1 fully saturated rings. The fraction of sp³-hybridized carbons (Fsp3) is 0.462. The third-order valence-corrected chi connectivity index (χ3v) is 6.07. The third-order valence-electron chi connectivity index (χ3n) is 3.44. The molecule has 0 atom stereocenters. The molecule has 2 rings (SSSR count). The molecule has 0 bridgehead atoms. The number of benzene rings is 1. The molecular formula is C13H16INO4S. The lowest BCUT2D eigenvalue weighted by molar-refractivity contribution is -0.146. The second-order valence-corrected chi connectivity index (χ2v) is 7.84. The Morgan fingerprint density at radius 3 is 2.30 bits per heavy atom. The van der Waals surface area contributed by atoms with Crippen LogP contribution in [-0.4, -0.2) is 38.9 Å². The van der Waals surface area contributed by atoms with E-state index < -0.39 is 10.0 Å². The number of methoxy groups -OCH3 is 1. The fourth-order valence-electron chi connectivity index (χ4n) is 2.25. The Labute approximate surface area is 132 Å². The predicted molar refractivity (Wildman–Crippen MR) is 82.7 cm³/mol. The summed E-state index contributed by atoms with van der Waals surface area (Å²) in [6.07, 6.45) is 1.02. The quantitative estimate of drug-likeness (QED) is 0.565. The van der Waals surface area contributed by atoms with Gasteiger partial charge in [-0.2, -0.15) is 4.31 Å². The van der Waals surface area contributed by atoms with E-state index in [0.29, 0.717) is 30.8 Å². The average molecular weight is 409 g/mol. The Kier molecular flexibility index (Phi) is 5.03. The molecular weight excluding hydrogens is 393 g/mol. The second-order valence-electron chi connectivity index (χ2n) is 4.66. The molecule has 0 radical (unpaired) electrons. The number of hydrogen-bond donors (Lipinski definition) is 0. The molecule has 0 aromatic heterocycles. The highest BCUT2D eigenvalue weighted by Gasteiger charge is 2.32. The summed E-state index contributed by atoms with van der Waals surface area (Å²) in [4.78, 5) is 11.7. The van der Waals surface area contributed by atoms with Gasteiger partial charge in [0.25, 0.3) is 0 Å². The number of halogens is 1. The molecule has 0 spiro atoms. The number of nitrogens with zero attached hydrogens (tertiary/aromatic N) is 1. The molecule has 7 heteroatoms. The summed E-state index contributed by atoms with van der Waals surface area (Å²) in [7, 11) is -2.10. The molecule has 0 saturated carbocycles. The zero-order chi connectivity index (χ0) is 14.8. The normalized spacial score (nSPS) is 17.9. The first-order valence-electron chi connectivity index (χ1n) is 6.28. The minimum Gasteiger partial charge on any atom is -0.469 e. The van der Waals surface area contributed by atoms with Crippen molar-refractivity contribution in [2.45, 2.75) is 17.7 Å². The van der Waals surface area contributed by atoms with Gasteiger partial charge in [-0.15, -0.1) is 0 Å². The number of esters is 1. The first kappa shape index (κ1) is 15.7. The lowest BCUT2D eigenvalue weighted by Crippen LogP contribution is -2.40. The predicted octanol–water partition coefficient (Wildman–Crippen LogP) is 1.86. The summed E-state index contributed by atoms with van der Waals surface area (Å²) in [5.41, 5.74) is 0. The van der Waals surface area contributed by atoms with Crippen LogP contribution >= 0.6 is 22.6 Å². The van der Waals surface area contributed by atoms with Crippen molar-refractivity contribution in [3.8, 4) is 0 Å². The molecule has 1 aliphatic rings. The minimum atomic E-state index is -3.46. The summed E-state index contributed by atoms with van der Waals surface area (Å²) >= 11 is 2.13. The molecule has 110 valence electrons. The Morgan fingerprint density at radius 2 is 1.80 bits per heavy atom. The van der Waals surface area contributed by atoms with Gasteiger partial charge >= 0.3 is 5.97 Å². The first-order chi connectivity index (χ1) is 9.45. The maximum absolute atomic E-state index is 12.5. The monoisotopic (exact) mass is 409 g/mol. The largest absolute Gasteiger partial charge is 0.469 e. The molecule has 1 aromatic carbocycles. The van der Waals surface area contributed by atoms with Gasteiger partial charge in [-0.05, 0) is 59.7 Å². The van der Waals surface area contributed by atoms with Crippen molar-refractivity contribution in [3.05, 3.63) is 27.8 Å².